The monoisotopic (exact) mass is 171 g/mol. The minimum Gasteiger partial charge on any atom is -0.359 e. The maximum Gasteiger partial charge on any atom is 0.221 e. The highest BCUT2D eigenvalue weighted by atomic mass is 16.1. The van der Waals surface area contributed by atoms with Crippen molar-refractivity contribution in [3.8, 4) is 0 Å². The molecule has 1 atom stereocenters. The molecule has 0 aromatic heterocycles. The van der Waals surface area contributed by atoms with E-state index in [1.165, 1.54) is 0 Å². The van der Waals surface area contributed by atoms with Crippen LogP contribution in [0, 0.1) is 0 Å². The van der Waals surface area contributed by atoms with E-state index in [0.29, 0.717) is 12.5 Å². The number of nitrogens with one attached hydrogen (secondary N) is 1. The van der Waals surface area contributed by atoms with E-state index in [0.717, 1.165) is 26.1 Å². The summed E-state index contributed by atoms with van der Waals surface area (Å²) >= 11 is 0. The molecule has 1 unspecified atom stereocenters. The topological polar surface area (TPSA) is 58.4 Å². The summed E-state index contributed by atoms with van der Waals surface area (Å²) in [4.78, 5) is 13.1. The first-order valence-electron chi connectivity index (χ1n) is 4.41. The Hall–Kier alpha value is -0.610. The summed E-state index contributed by atoms with van der Waals surface area (Å²) in [6.07, 6.45) is 1.65. The minimum absolute atomic E-state index is 0.107. The molecule has 1 amide bonds. The molecule has 1 aliphatic heterocycles. The predicted octanol–water partition coefficient (Wildman–Crippen LogP) is -0.844. The fourth-order valence-corrected chi connectivity index (χ4v) is 1.45. The second-order valence-electron chi connectivity index (χ2n) is 3.27. The second kappa shape index (κ2) is 4.42. The van der Waals surface area contributed by atoms with E-state index in [9.17, 15) is 4.79 Å². The third-order valence-electron chi connectivity index (χ3n) is 2.24. The molecule has 4 nitrogen and oxygen atoms in total. The Bertz CT molecular complexity index is 160. The van der Waals surface area contributed by atoms with Crippen LogP contribution in [0.4, 0.5) is 0 Å². The molecule has 0 bridgehead atoms. The van der Waals surface area contributed by atoms with Crippen molar-refractivity contribution < 1.29 is 4.79 Å². The lowest BCUT2D eigenvalue weighted by Gasteiger charge is -2.13. The van der Waals surface area contributed by atoms with Gasteiger partial charge in [-0.25, -0.2) is 0 Å². The molecule has 1 saturated heterocycles. The fourth-order valence-electron chi connectivity index (χ4n) is 1.45. The van der Waals surface area contributed by atoms with Crippen LogP contribution in [0.5, 0.6) is 0 Å². The number of carbonyl (C=O) groups excluding carboxylic acids is 1. The number of likely N-dealkylation sites (tertiary alicyclic amines) is 1. The van der Waals surface area contributed by atoms with Crippen molar-refractivity contribution in [2.75, 3.05) is 26.7 Å². The highest BCUT2D eigenvalue weighted by Crippen LogP contribution is 2.06. The maximum atomic E-state index is 10.9. The van der Waals surface area contributed by atoms with Gasteiger partial charge in [0.15, 0.2) is 0 Å². The first-order chi connectivity index (χ1) is 5.72. The molecular formula is C8H17N3O. The normalized spacial score (nSPS) is 24.3. The van der Waals surface area contributed by atoms with Crippen LogP contribution < -0.4 is 11.1 Å². The van der Waals surface area contributed by atoms with Crippen molar-refractivity contribution in [3.05, 3.63) is 0 Å². The summed E-state index contributed by atoms with van der Waals surface area (Å²) in [6.45, 7) is 2.82. The molecule has 1 rings (SSSR count). The van der Waals surface area contributed by atoms with E-state index >= 15 is 0 Å². The Kier molecular flexibility index (Phi) is 3.49. The van der Waals surface area contributed by atoms with Crippen LogP contribution in [0.2, 0.25) is 0 Å². The average Bonchev–Trinajstić information content (AvgIpc) is 2.47. The lowest BCUT2D eigenvalue weighted by molar-refractivity contribution is -0.120. The molecular weight excluding hydrogens is 154 g/mol. The smallest absolute Gasteiger partial charge is 0.221 e. The summed E-state index contributed by atoms with van der Waals surface area (Å²) in [6, 6.07) is 0.315. The third kappa shape index (κ3) is 2.79. The summed E-state index contributed by atoms with van der Waals surface area (Å²) < 4.78 is 0. The van der Waals surface area contributed by atoms with Crippen molar-refractivity contribution in [2.24, 2.45) is 5.73 Å². The number of nitrogens with zero attached hydrogens (tertiary/aromatic N) is 1. The van der Waals surface area contributed by atoms with Crippen LogP contribution in [0.3, 0.4) is 0 Å². The van der Waals surface area contributed by atoms with Gasteiger partial charge in [0.25, 0.3) is 0 Å². The molecule has 0 aliphatic carbocycles. The molecule has 1 fully saturated rings. The number of carbonyl (C=O) groups is 1. The van der Waals surface area contributed by atoms with E-state index in [4.69, 9.17) is 5.73 Å². The lowest BCUT2D eigenvalue weighted by atomic mass is 10.3. The van der Waals surface area contributed by atoms with E-state index in [1.807, 2.05) is 0 Å². The van der Waals surface area contributed by atoms with Gasteiger partial charge < -0.3 is 16.0 Å². The summed E-state index contributed by atoms with van der Waals surface area (Å²) in [5.41, 5.74) is 5.72. The molecule has 1 heterocycles. The van der Waals surface area contributed by atoms with E-state index in [-0.39, 0.29) is 5.91 Å². The predicted molar refractivity (Wildman–Crippen MR) is 47.7 cm³/mol. The third-order valence-corrected chi connectivity index (χ3v) is 2.24. The molecule has 70 valence electrons. The van der Waals surface area contributed by atoms with Crippen LogP contribution in [0.15, 0.2) is 0 Å². The minimum atomic E-state index is 0.107. The van der Waals surface area contributed by atoms with Crippen LogP contribution in [0.1, 0.15) is 12.8 Å². The molecule has 0 radical (unpaired) electrons. The summed E-state index contributed by atoms with van der Waals surface area (Å²) in [5, 5.41) is 2.60. The lowest BCUT2D eigenvalue weighted by Crippen LogP contribution is -2.30. The second-order valence-corrected chi connectivity index (χ2v) is 3.27. The largest absolute Gasteiger partial charge is 0.359 e. The fraction of sp³-hybridized carbons (Fsp3) is 0.875. The highest BCUT2D eigenvalue weighted by molar-refractivity contribution is 5.75. The van der Waals surface area contributed by atoms with Gasteiger partial charge in [-0.15, -0.1) is 0 Å². The number of nitrogens with two attached hydrogens (primary N) is 1. The highest BCUT2D eigenvalue weighted by Gasteiger charge is 2.18. The van der Waals surface area contributed by atoms with Gasteiger partial charge in [-0.05, 0) is 13.0 Å². The number of rotatable bonds is 3. The Balaban J connectivity index is 2.11. The van der Waals surface area contributed by atoms with Gasteiger partial charge in [0.05, 0.1) is 0 Å². The average molecular weight is 171 g/mol. The van der Waals surface area contributed by atoms with Crippen molar-refractivity contribution in [3.63, 3.8) is 0 Å². The van der Waals surface area contributed by atoms with Gasteiger partial charge in [-0.1, -0.05) is 0 Å². The Morgan fingerprint density at radius 3 is 3.00 bits per heavy atom. The first-order valence-corrected chi connectivity index (χ1v) is 4.41. The van der Waals surface area contributed by atoms with Gasteiger partial charge in [0.1, 0.15) is 0 Å². The Morgan fingerprint density at radius 2 is 2.50 bits per heavy atom. The molecule has 0 aromatic carbocycles. The van der Waals surface area contributed by atoms with E-state index in [1.54, 1.807) is 7.05 Å². The number of hydrogen-bond donors (Lipinski definition) is 2. The molecule has 3 N–H and O–H groups in total. The molecule has 0 saturated carbocycles. The van der Waals surface area contributed by atoms with Crippen LogP contribution in [-0.4, -0.2) is 43.5 Å². The van der Waals surface area contributed by atoms with Crippen LogP contribution in [-0.2, 0) is 4.79 Å². The zero-order valence-electron chi connectivity index (χ0n) is 7.55. The van der Waals surface area contributed by atoms with Crippen LogP contribution >= 0.6 is 0 Å². The SMILES string of the molecule is CNC(=O)CCN1CCC(N)C1. The van der Waals surface area contributed by atoms with Gasteiger partial charge >= 0.3 is 0 Å². The Labute approximate surface area is 73.1 Å². The Morgan fingerprint density at radius 1 is 1.75 bits per heavy atom. The maximum absolute atomic E-state index is 10.9. The zero-order valence-corrected chi connectivity index (χ0v) is 7.55. The van der Waals surface area contributed by atoms with Crippen molar-refractivity contribution in [1.82, 2.24) is 10.2 Å². The van der Waals surface area contributed by atoms with Gasteiger partial charge in [-0.3, -0.25) is 4.79 Å². The van der Waals surface area contributed by atoms with Gasteiger partial charge in [0, 0.05) is 32.6 Å². The molecule has 4 heteroatoms. The van der Waals surface area contributed by atoms with Crippen molar-refractivity contribution >= 4 is 5.91 Å². The van der Waals surface area contributed by atoms with E-state index < -0.39 is 0 Å². The standard InChI is InChI=1S/C8H17N3O/c1-10-8(12)3-5-11-4-2-7(9)6-11/h7H,2-6,9H2,1H3,(H,10,12). The van der Waals surface area contributed by atoms with Crippen molar-refractivity contribution in [1.29, 1.82) is 0 Å². The number of amides is 1. The number of hydrogen-bond acceptors (Lipinski definition) is 3. The van der Waals surface area contributed by atoms with Crippen LogP contribution in [0.25, 0.3) is 0 Å². The molecule has 0 spiro atoms. The molecule has 1 aliphatic rings. The molecule has 0 aromatic rings. The van der Waals surface area contributed by atoms with E-state index in [2.05, 4.69) is 10.2 Å². The molecule has 12 heavy (non-hydrogen) atoms. The zero-order chi connectivity index (χ0) is 8.97. The van der Waals surface area contributed by atoms with Crippen molar-refractivity contribution in [2.45, 2.75) is 18.9 Å². The first kappa shape index (κ1) is 9.48. The quantitative estimate of drug-likeness (QED) is 0.582. The van der Waals surface area contributed by atoms with Gasteiger partial charge in [0.2, 0.25) is 5.91 Å². The summed E-state index contributed by atoms with van der Waals surface area (Å²) in [7, 11) is 1.66. The summed E-state index contributed by atoms with van der Waals surface area (Å²) in [5.74, 6) is 0.107. The van der Waals surface area contributed by atoms with Gasteiger partial charge in [-0.2, -0.15) is 0 Å².